The Kier molecular flexibility index (Phi) is 5.19. The molecule has 0 aromatic heterocycles. The van der Waals surface area contributed by atoms with Crippen LogP contribution in [0.25, 0.3) is 0 Å². The van der Waals surface area contributed by atoms with E-state index in [1.807, 2.05) is 37.1 Å². The molecule has 0 fully saturated rings. The van der Waals surface area contributed by atoms with E-state index in [1.54, 1.807) is 0 Å². The van der Waals surface area contributed by atoms with Gasteiger partial charge in [-0.15, -0.1) is 0 Å². The third-order valence-electron chi connectivity index (χ3n) is 3.12. The van der Waals surface area contributed by atoms with Crippen molar-refractivity contribution in [3.8, 4) is 0 Å². The van der Waals surface area contributed by atoms with E-state index in [0.29, 0.717) is 0 Å². The molecule has 2 nitrogen and oxygen atoms in total. The van der Waals surface area contributed by atoms with Gasteiger partial charge < -0.3 is 4.90 Å². The summed E-state index contributed by atoms with van der Waals surface area (Å²) in [6.07, 6.45) is 2.13. The van der Waals surface area contributed by atoms with Crippen LogP contribution in [0.15, 0.2) is 22.7 Å². The molecular weight excluding hydrogens is 278 g/mol. The minimum Gasteiger partial charge on any atom is -0.339 e. The Balaban J connectivity index is 2.92. The lowest BCUT2D eigenvalue weighted by molar-refractivity contribution is 0.0736. The maximum Gasteiger partial charge on any atom is 0.254 e. The van der Waals surface area contributed by atoms with Gasteiger partial charge in [0.15, 0.2) is 0 Å². The predicted molar refractivity (Wildman–Crippen MR) is 75.3 cm³/mol. The van der Waals surface area contributed by atoms with E-state index in [2.05, 4.69) is 29.8 Å². The molecule has 1 rings (SSSR count). The van der Waals surface area contributed by atoms with E-state index in [0.717, 1.165) is 28.4 Å². The maximum atomic E-state index is 12.3. The second-order valence-electron chi connectivity index (χ2n) is 4.51. The fourth-order valence-electron chi connectivity index (χ4n) is 1.83. The quantitative estimate of drug-likeness (QED) is 0.822. The number of benzene rings is 1. The number of carbonyl (C=O) groups is 1. The van der Waals surface area contributed by atoms with Crippen molar-refractivity contribution in [2.45, 2.75) is 39.7 Å². The molecule has 0 radical (unpaired) electrons. The summed E-state index contributed by atoms with van der Waals surface area (Å²) in [6, 6.07) is 6.11. The van der Waals surface area contributed by atoms with Crippen molar-refractivity contribution in [3.63, 3.8) is 0 Å². The summed E-state index contributed by atoms with van der Waals surface area (Å²) in [5.74, 6) is 0.102. The monoisotopic (exact) mass is 297 g/mol. The molecule has 1 amide bonds. The summed E-state index contributed by atoms with van der Waals surface area (Å²) >= 11 is 3.41. The van der Waals surface area contributed by atoms with Gasteiger partial charge in [0.1, 0.15) is 0 Å². The van der Waals surface area contributed by atoms with Gasteiger partial charge in [0.05, 0.1) is 0 Å². The van der Waals surface area contributed by atoms with E-state index in [9.17, 15) is 4.79 Å². The van der Waals surface area contributed by atoms with Crippen LogP contribution in [0.1, 0.15) is 42.6 Å². The number of hydrogen-bond donors (Lipinski definition) is 0. The highest BCUT2D eigenvalue weighted by molar-refractivity contribution is 9.10. The molecule has 1 unspecified atom stereocenters. The molecule has 0 spiro atoms. The Morgan fingerprint density at radius 2 is 2.12 bits per heavy atom. The van der Waals surface area contributed by atoms with Gasteiger partial charge in [-0.1, -0.05) is 35.3 Å². The molecule has 94 valence electrons. The summed E-state index contributed by atoms with van der Waals surface area (Å²) < 4.78 is 0.947. The molecule has 1 atom stereocenters. The topological polar surface area (TPSA) is 20.3 Å². The predicted octanol–water partition coefficient (Wildman–Crippen LogP) is 4.02. The zero-order chi connectivity index (χ0) is 13.0. The molecule has 0 saturated heterocycles. The van der Waals surface area contributed by atoms with Gasteiger partial charge in [0.25, 0.3) is 5.91 Å². The van der Waals surface area contributed by atoms with Crippen LogP contribution in [0.3, 0.4) is 0 Å². The van der Waals surface area contributed by atoms with Gasteiger partial charge in [-0.25, -0.2) is 0 Å². The van der Waals surface area contributed by atoms with Crippen molar-refractivity contribution in [2.75, 3.05) is 7.05 Å². The zero-order valence-electron chi connectivity index (χ0n) is 11.0. The summed E-state index contributed by atoms with van der Waals surface area (Å²) in [5, 5.41) is 0. The summed E-state index contributed by atoms with van der Waals surface area (Å²) in [4.78, 5) is 14.2. The fraction of sp³-hybridized carbons (Fsp3) is 0.500. The van der Waals surface area contributed by atoms with E-state index >= 15 is 0 Å². The lowest BCUT2D eigenvalue weighted by Crippen LogP contribution is -2.35. The Hall–Kier alpha value is -0.830. The summed E-state index contributed by atoms with van der Waals surface area (Å²) in [5.41, 5.74) is 1.80. The first-order valence-corrected chi connectivity index (χ1v) is 6.80. The number of halogens is 1. The normalized spacial score (nSPS) is 12.3. The smallest absolute Gasteiger partial charge is 0.254 e. The molecule has 17 heavy (non-hydrogen) atoms. The van der Waals surface area contributed by atoms with Gasteiger partial charge in [-0.3, -0.25) is 4.79 Å². The van der Waals surface area contributed by atoms with Gasteiger partial charge in [-0.05, 0) is 38.0 Å². The molecule has 1 aromatic carbocycles. The highest BCUT2D eigenvalue weighted by Gasteiger charge is 2.18. The number of aryl methyl sites for hydroxylation is 1. The number of amides is 1. The van der Waals surface area contributed by atoms with Crippen molar-refractivity contribution in [1.82, 2.24) is 4.90 Å². The van der Waals surface area contributed by atoms with Crippen LogP contribution in [0.5, 0.6) is 0 Å². The molecule has 0 aliphatic rings. The number of nitrogens with zero attached hydrogens (tertiary/aromatic N) is 1. The van der Waals surface area contributed by atoms with Crippen molar-refractivity contribution in [3.05, 3.63) is 33.8 Å². The highest BCUT2D eigenvalue weighted by Crippen LogP contribution is 2.18. The molecule has 0 heterocycles. The van der Waals surface area contributed by atoms with Gasteiger partial charge in [0.2, 0.25) is 0 Å². The maximum absolute atomic E-state index is 12.3. The molecule has 1 aromatic rings. The minimum absolute atomic E-state index is 0.102. The van der Waals surface area contributed by atoms with E-state index in [4.69, 9.17) is 0 Å². The molecule has 0 aliphatic heterocycles. The second-order valence-corrected chi connectivity index (χ2v) is 5.43. The molecular formula is C14H20BrNO. The third-order valence-corrected chi connectivity index (χ3v) is 3.61. The number of carbonyl (C=O) groups excluding carboxylic acids is 1. The molecule has 0 bridgehead atoms. The first-order chi connectivity index (χ1) is 7.97. The molecule has 3 heteroatoms. The summed E-state index contributed by atoms with van der Waals surface area (Å²) in [7, 11) is 1.88. The largest absolute Gasteiger partial charge is 0.339 e. The molecule has 0 saturated carbocycles. The first kappa shape index (κ1) is 14.2. The second kappa shape index (κ2) is 6.20. The number of rotatable bonds is 4. The average Bonchev–Trinajstić information content (AvgIpc) is 2.30. The third kappa shape index (κ3) is 3.56. The van der Waals surface area contributed by atoms with Crippen molar-refractivity contribution in [2.24, 2.45) is 0 Å². The van der Waals surface area contributed by atoms with Gasteiger partial charge >= 0.3 is 0 Å². The first-order valence-electron chi connectivity index (χ1n) is 6.00. The highest BCUT2D eigenvalue weighted by atomic mass is 79.9. The minimum atomic E-state index is 0.102. The standard InChI is InChI=1S/C14H20BrNO/c1-5-6-11(3)16(4)14(17)13-9-12(15)8-7-10(13)2/h7-9,11H,5-6H2,1-4H3. The molecule has 0 N–H and O–H groups in total. The van der Waals surface area contributed by atoms with Crippen LogP contribution in [-0.2, 0) is 0 Å². The van der Waals surface area contributed by atoms with Crippen molar-refractivity contribution < 1.29 is 4.79 Å². The molecule has 0 aliphatic carbocycles. The van der Waals surface area contributed by atoms with Crippen LogP contribution < -0.4 is 0 Å². The lowest BCUT2D eigenvalue weighted by atomic mass is 10.1. The Labute approximate surface area is 112 Å². The van der Waals surface area contributed by atoms with E-state index < -0.39 is 0 Å². The van der Waals surface area contributed by atoms with Crippen LogP contribution in [-0.4, -0.2) is 23.9 Å². The van der Waals surface area contributed by atoms with Crippen molar-refractivity contribution in [1.29, 1.82) is 0 Å². The van der Waals surface area contributed by atoms with Gasteiger partial charge in [-0.2, -0.15) is 0 Å². The van der Waals surface area contributed by atoms with Crippen LogP contribution in [0, 0.1) is 6.92 Å². The SMILES string of the molecule is CCCC(C)N(C)C(=O)c1cc(Br)ccc1C. The van der Waals surface area contributed by atoms with Crippen LogP contribution >= 0.6 is 15.9 Å². The Bertz CT molecular complexity index is 403. The zero-order valence-corrected chi connectivity index (χ0v) is 12.5. The van der Waals surface area contributed by atoms with Gasteiger partial charge in [0, 0.05) is 23.1 Å². The fourth-order valence-corrected chi connectivity index (χ4v) is 2.19. The lowest BCUT2D eigenvalue weighted by Gasteiger charge is -2.25. The van der Waals surface area contributed by atoms with Crippen molar-refractivity contribution >= 4 is 21.8 Å². The Morgan fingerprint density at radius 3 is 2.71 bits per heavy atom. The summed E-state index contributed by atoms with van der Waals surface area (Å²) in [6.45, 7) is 6.20. The van der Waals surface area contributed by atoms with Crippen LogP contribution in [0.4, 0.5) is 0 Å². The van der Waals surface area contributed by atoms with E-state index in [1.165, 1.54) is 0 Å². The van der Waals surface area contributed by atoms with E-state index in [-0.39, 0.29) is 11.9 Å². The van der Waals surface area contributed by atoms with Crippen LogP contribution in [0.2, 0.25) is 0 Å². The Morgan fingerprint density at radius 1 is 1.47 bits per heavy atom. The average molecular weight is 298 g/mol. The number of hydrogen-bond acceptors (Lipinski definition) is 1.